The SMILES string of the molecule is c1ccc(-c2cc(-c3ccccc3)cc(-c3cccc(-c4cc(-c5cccc(-c6cc(-c7ccccc7)cc(-c7ccccc7)c6)c5)nc(-c5ccc6c7ccccc7c7ccccc7c6c5)n4)c3)c2)cc1. The van der Waals surface area contributed by atoms with Crippen LogP contribution < -0.4 is 0 Å². The summed E-state index contributed by atoms with van der Waals surface area (Å²) in [5.74, 6) is 0.673. The van der Waals surface area contributed by atoms with E-state index in [4.69, 9.17) is 9.97 Å². The number of hydrogen-bond donors (Lipinski definition) is 0. The molecule has 0 N–H and O–H groups in total. The van der Waals surface area contributed by atoms with Crippen molar-refractivity contribution in [2.45, 2.75) is 0 Å². The van der Waals surface area contributed by atoms with Gasteiger partial charge >= 0.3 is 0 Å². The molecule has 2 nitrogen and oxygen atoms in total. The van der Waals surface area contributed by atoms with Gasteiger partial charge in [0.05, 0.1) is 11.4 Å². The Hall–Kier alpha value is -9.50. The maximum Gasteiger partial charge on any atom is 0.160 e. The number of rotatable bonds is 9. The van der Waals surface area contributed by atoms with Gasteiger partial charge in [-0.25, -0.2) is 9.97 Å². The molecular weight excluding hydrogens is 869 g/mol. The molecule has 0 saturated carbocycles. The third-order valence-electron chi connectivity index (χ3n) is 14.0. The normalized spacial score (nSPS) is 11.3. The third kappa shape index (κ3) is 8.21. The fourth-order valence-electron chi connectivity index (χ4n) is 10.4. The zero-order valence-electron chi connectivity index (χ0n) is 39.5. The highest BCUT2D eigenvalue weighted by Gasteiger charge is 2.17. The summed E-state index contributed by atoms with van der Waals surface area (Å²) in [5, 5.41) is 7.33. The van der Waals surface area contributed by atoms with Crippen LogP contribution >= 0.6 is 0 Å². The molecule has 2 heteroatoms. The lowest BCUT2D eigenvalue weighted by molar-refractivity contribution is 1.18. The van der Waals surface area contributed by atoms with Gasteiger partial charge in [-0.2, -0.15) is 0 Å². The second kappa shape index (κ2) is 18.4. The lowest BCUT2D eigenvalue weighted by Crippen LogP contribution is -1.97. The minimum atomic E-state index is 0.673. The second-order valence-corrected chi connectivity index (χ2v) is 18.5. The highest BCUT2D eigenvalue weighted by atomic mass is 14.9. The molecule has 1 heterocycles. The molecule has 12 aromatic carbocycles. The van der Waals surface area contributed by atoms with Crippen molar-refractivity contribution in [3.63, 3.8) is 0 Å². The van der Waals surface area contributed by atoms with Gasteiger partial charge in [0.2, 0.25) is 0 Å². The maximum absolute atomic E-state index is 5.47. The van der Waals surface area contributed by atoms with Crippen molar-refractivity contribution in [1.82, 2.24) is 9.97 Å². The van der Waals surface area contributed by atoms with Crippen molar-refractivity contribution in [1.29, 1.82) is 0 Å². The molecule has 0 spiro atoms. The first kappa shape index (κ1) is 42.6. The summed E-state index contributed by atoms with van der Waals surface area (Å²) in [6.45, 7) is 0. The standard InChI is InChI=1S/C70H46N2/c1-5-19-47(20-6-1)56-39-57(48-21-7-2-8-22-48)42-60(41-56)51-27-17-29-53(37-51)68-46-69(72-70(71-68)55-35-36-66-64-33-14-13-31-62(64)63-32-15-16-34-65(63)67(66)45-55)54-30-18-28-52(38-54)61-43-58(49-23-9-3-10-24-49)40-59(44-61)50-25-11-4-12-26-50/h1-46H. The molecule has 0 unspecified atom stereocenters. The van der Waals surface area contributed by atoms with Crippen molar-refractivity contribution >= 4 is 32.3 Å². The Morgan fingerprint density at radius 3 is 0.806 bits per heavy atom. The van der Waals surface area contributed by atoms with Gasteiger partial charge in [-0.05, 0) is 160 Å². The first-order chi connectivity index (χ1) is 35.6. The minimum absolute atomic E-state index is 0.673. The van der Waals surface area contributed by atoms with E-state index < -0.39 is 0 Å². The summed E-state index contributed by atoms with van der Waals surface area (Å²) in [6.07, 6.45) is 0. The number of aromatic nitrogens is 2. The van der Waals surface area contributed by atoms with Crippen LogP contribution in [0, 0.1) is 0 Å². The molecule has 0 fully saturated rings. The molecule has 0 amide bonds. The summed E-state index contributed by atoms with van der Waals surface area (Å²) in [6, 6.07) is 100. The quantitative estimate of drug-likeness (QED) is 0.135. The molecule has 0 aliphatic carbocycles. The Kier molecular flexibility index (Phi) is 10.9. The van der Waals surface area contributed by atoms with E-state index in [1.165, 1.54) is 76.8 Å². The Bertz CT molecular complexity index is 3790. The molecule has 0 aliphatic rings. The number of benzene rings is 12. The van der Waals surface area contributed by atoms with Gasteiger partial charge in [0.15, 0.2) is 5.82 Å². The first-order valence-electron chi connectivity index (χ1n) is 24.6. The molecule has 13 aromatic rings. The van der Waals surface area contributed by atoms with E-state index in [-0.39, 0.29) is 0 Å². The van der Waals surface area contributed by atoms with Crippen LogP contribution in [0.5, 0.6) is 0 Å². The van der Waals surface area contributed by atoms with E-state index in [2.05, 4.69) is 279 Å². The van der Waals surface area contributed by atoms with Gasteiger partial charge < -0.3 is 0 Å². The lowest BCUT2D eigenvalue weighted by atomic mass is 9.92. The number of fused-ring (bicyclic) bond motifs is 6. The summed E-state index contributed by atoms with van der Waals surface area (Å²) in [4.78, 5) is 10.9. The van der Waals surface area contributed by atoms with Crippen LogP contribution in [0.4, 0.5) is 0 Å². The molecule has 336 valence electrons. The van der Waals surface area contributed by atoms with Crippen LogP contribution in [0.1, 0.15) is 0 Å². The smallest absolute Gasteiger partial charge is 0.160 e. The van der Waals surface area contributed by atoms with Gasteiger partial charge in [-0.15, -0.1) is 0 Å². The zero-order chi connectivity index (χ0) is 47.8. The Morgan fingerprint density at radius 1 is 0.153 bits per heavy atom. The van der Waals surface area contributed by atoms with E-state index >= 15 is 0 Å². The number of hydrogen-bond acceptors (Lipinski definition) is 2. The van der Waals surface area contributed by atoms with Crippen LogP contribution in [0.3, 0.4) is 0 Å². The van der Waals surface area contributed by atoms with Gasteiger partial charge in [0.1, 0.15) is 0 Å². The molecule has 0 bridgehead atoms. The first-order valence-corrected chi connectivity index (χ1v) is 24.6. The van der Waals surface area contributed by atoms with Crippen molar-refractivity contribution in [3.05, 3.63) is 279 Å². The van der Waals surface area contributed by atoms with Gasteiger partial charge in [-0.3, -0.25) is 0 Å². The van der Waals surface area contributed by atoms with Crippen LogP contribution in [-0.4, -0.2) is 9.97 Å². The van der Waals surface area contributed by atoms with Gasteiger partial charge in [0, 0.05) is 16.7 Å². The molecule has 0 atom stereocenters. The predicted molar refractivity (Wildman–Crippen MR) is 303 cm³/mol. The Labute approximate surface area is 419 Å². The highest BCUT2D eigenvalue weighted by molar-refractivity contribution is 6.25. The van der Waals surface area contributed by atoms with E-state index in [1.54, 1.807) is 0 Å². The van der Waals surface area contributed by atoms with Crippen LogP contribution in [0.25, 0.3) is 133 Å². The molecule has 0 saturated heterocycles. The van der Waals surface area contributed by atoms with Gasteiger partial charge in [-0.1, -0.05) is 218 Å². The summed E-state index contributed by atoms with van der Waals surface area (Å²) in [7, 11) is 0. The van der Waals surface area contributed by atoms with Crippen LogP contribution in [0.15, 0.2) is 279 Å². The molecule has 13 rings (SSSR count). The van der Waals surface area contributed by atoms with Crippen molar-refractivity contribution in [2.75, 3.05) is 0 Å². The molecule has 1 aromatic heterocycles. The fourth-order valence-corrected chi connectivity index (χ4v) is 10.4. The average Bonchev–Trinajstić information content (AvgIpc) is 3.47. The Balaban J connectivity index is 0.986. The van der Waals surface area contributed by atoms with Crippen LogP contribution in [-0.2, 0) is 0 Å². The lowest BCUT2D eigenvalue weighted by Gasteiger charge is -2.15. The van der Waals surface area contributed by atoms with Crippen LogP contribution in [0.2, 0.25) is 0 Å². The van der Waals surface area contributed by atoms with E-state index in [1.807, 2.05) is 0 Å². The van der Waals surface area contributed by atoms with Crippen molar-refractivity contribution < 1.29 is 0 Å². The summed E-state index contributed by atoms with van der Waals surface area (Å²) in [5.41, 5.74) is 18.6. The molecule has 0 radical (unpaired) electrons. The minimum Gasteiger partial charge on any atom is -0.228 e. The predicted octanol–water partition coefficient (Wildman–Crippen LogP) is 18.9. The topological polar surface area (TPSA) is 25.8 Å². The van der Waals surface area contributed by atoms with E-state index in [0.717, 1.165) is 50.3 Å². The second-order valence-electron chi connectivity index (χ2n) is 18.5. The number of nitrogens with zero attached hydrogens (tertiary/aromatic N) is 2. The maximum atomic E-state index is 5.47. The van der Waals surface area contributed by atoms with E-state index in [0.29, 0.717) is 5.82 Å². The van der Waals surface area contributed by atoms with E-state index in [9.17, 15) is 0 Å². The summed E-state index contributed by atoms with van der Waals surface area (Å²) >= 11 is 0. The molecule has 72 heavy (non-hydrogen) atoms. The summed E-state index contributed by atoms with van der Waals surface area (Å²) < 4.78 is 0. The third-order valence-corrected chi connectivity index (χ3v) is 14.0. The fraction of sp³-hybridized carbons (Fsp3) is 0. The van der Waals surface area contributed by atoms with Crippen molar-refractivity contribution in [3.8, 4) is 101 Å². The zero-order valence-corrected chi connectivity index (χ0v) is 39.5. The largest absolute Gasteiger partial charge is 0.228 e. The monoisotopic (exact) mass is 914 g/mol. The van der Waals surface area contributed by atoms with Gasteiger partial charge in [0.25, 0.3) is 0 Å². The van der Waals surface area contributed by atoms with Crippen molar-refractivity contribution in [2.24, 2.45) is 0 Å². The molecule has 0 aliphatic heterocycles. The highest BCUT2D eigenvalue weighted by Crippen LogP contribution is 2.40. The average molecular weight is 915 g/mol. The molecular formula is C70H46N2. The Morgan fingerprint density at radius 2 is 0.431 bits per heavy atom.